The van der Waals surface area contributed by atoms with E-state index >= 15 is 0 Å². The minimum Gasteiger partial charge on any atom is -0.465 e. The van der Waals surface area contributed by atoms with E-state index in [-0.39, 0.29) is 6.61 Å². The summed E-state index contributed by atoms with van der Waals surface area (Å²) in [6, 6.07) is 0. The van der Waals surface area contributed by atoms with Crippen molar-refractivity contribution in [3.8, 4) is 0 Å². The smallest absolute Gasteiger partial charge is 0.405 e. The van der Waals surface area contributed by atoms with Crippen LogP contribution in [0.1, 0.15) is 40.5 Å². The Morgan fingerprint density at radius 2 is 1.80 bits per heavy atom. The van der Waals surface area contributed by atoms with Crippen molar-refractivity contribution < 1.29 is 15.0 Å². The van der Waals surface area contributed by atoms with Gasteiger partial charge in [0.15, 0.2) is 0 Å². The minimum atomic E-state index is -1.000. The summed E-state index contributed by atoms with van der Waals surface area (Å²) in [4.78, 5) is 10.5. The number of aliphatic hydroxyl groups excluding tert-OH is 1. The lowest BCUT2D eigenvalue weighted by atomic mass is 9.94. The van der Waals surface area contributed by atoms with Gasteiger partial charge in [0.2, 0.25) is 0 Å². The topological polar surface area (TPSA) is 69.6 Å². The first-order valence-electron chi connectivity index (χ1n) is 5.05. The lowest BCUT2D eigenvalue weighted by Crippen LogP contribution is -2.42. The fourth-order valence-electron chi connectivity index (χ4n) is 1.20. The average molecular weight is 215 g/mol. The molecule has 0 bridgehead atoms. The normalized spacial score (nSPS) is 13.4. The quantitative estimate of drug-likeness (QED) is 0.615. The predicted octanol–water partition coefficient (Wildman–Crippen LogP) is 2.14. The molecule has 0 saturated carbocycles. The molecule has 0 fully saturated rings. The van der Waals surface area contributed by atoms with E-state index < -0.39 is 11.6 Å². The molecule has 88 valence electrons. The molecule has 0 saturated heterocycles. The van der Waals surface area contributed by atoms with Crippen LogP contribution < -0.4 is 5.32 Å². The monoisotopic (exact) mass is 215 g/mol. The summed E-state index contributed by atoms with van der Waals surface area (Å²) < 4.78 is 0. The highest BCUT2D eigenvalue weighted by Gasteiger charge is 2.19. The molecule has 0 aromatic carbocycles. The standard InChI is InChI=1S/C11H21NO3/c1-8(9(2)7-13)5-6-11(3,4)12-10(14)15/h12-13H,5-7H2,1-4H3,(H,14,15)/b9-8-. The van der Waals surface area contributed by atoms with Crippen LogP contribution in [0.4, 0.5) is 4.79 Å². The van der Waals surface area contributed by atoms with Crippen molar-refractivity contribution in [2.24, 2.45) is 0 Å². The maximum absolute atomic E-state index is 10.5. The Balaban J connectivity index is 4.20. The van der Waals surface area contributed by atoms with Gasteiger partial charge in [0.25, 0.3) is 0 Å². The lowest BCUT2D eigenvalue weighted by molar-refractivity contribution is 0.180. The number of rotatable bonds is 5. The highest BCUT2D eigenvalue weighted by Crippen LogP contribution is 2.17. The Morgan fingerprint density at radius 1 is 1.27 bits per heavy atom. The number of carboxylic acid groups (broad SMARTS) is 1. The first-order chi connectivity index (χ1) is 6.78. The Hall–Kier alpha value is -1.03. The van der Waals surface area contributed by atoms with Gasteiger partial charge in [-0.25, -0.2) is 4.79 Å². The van der Waals surface area contributed by atoms with Gasteiger partial charge in [0.05, 0.1) is 6.61 Å². The van der Waals surface area contributed by atoms with Crippen molar-refractivity contribution in [1.29, 1.82) is 0 Å². The molecule has 0 aliphatic heterocycles. The van der Waals surface area contributed by atoms with E-state index in [0.29, 0.717) is 0 Å². The molecular weight excluding hydrogens is 194 g/mol. The largest absolute Gasteiger partial charge is 0.465 e. The molecule has 1 amide bonds. The van der Waals surface area contributed by atoms with Crippen LogP contribution >= 0.6 is 0 Å². The molecule has 0 aromatic heterocycles. The van der Waals surface area contributed by atoms with Crippen LogP contribution in [0, 0.1) is 0 Å². The Labute approximate surface area is 91.0 Å². The molecule has 0 atom stereocenters. The third-order valence-corrected chi connectivity index (χ3v) is 2.54. The molecule has 0 rings (SSSR count). The van der Waals surface area contributed by atoms with Crippen molar-refractivity contribution in [1.82, 2.24) is 5.32 Å². The Bertz CT molecular complexity index is 257. The van der Waals surface area contributed by atoms with Crippen molar-refractivity contribution in [2.45, 2.75) is 46.1 Å². The Kier molecular flexibility index (Phi) is 5.36. The number of carbonyl (C=O) groups is 1. The molecule has 0 radical (unpaired) electrons. The van der Waals surface area contributed by atoms with Gasteiger partial charge in [-0.3, -0.25) is 0 Å². The Morgan fingerprint density at radius 3 is 2.20 bits per heavy atom. The van der Waals surface area contributed by atoms with Crippen molar-refractivity contribution in [3.05, 3.63) is 11.1 Å². The summed E-state index contributed by atoms with van der Waals surface area (Å²) in [6.07, 6.45) is 0.516. The second kappa shape index (κ2) is 5.75. The van der Waals surface area contributed by atoms with Gasteiger partial charge in [-0.15, -0.1) is 0 Å². The zero-order valence-corrected chi connectivity index (χ0v) is 9.92. The first kappa shape index (κ1) is 14.0. The summed E-state index contributed by atoms with van der Waals surface area (Å²) in [5.74, 6) is 0. The van der Waals surface area contributed by atoms with Crippen molar-refractivity contribution in [3.63, 3.8) is 0 Å². The minimum absolute atomic E-state index is 0.0681. The molecule has 3 N–H and O–H groups in total. The molecule has 0 aliphatic rings. The third kappa shape index (κ3) is 6.12. The number of hydrogen-bond acceptors (Lipinski definition) is 2. The van der Waals surface area contributed by atoms with Crippen molar-refractivity contribution in [2.75, 3.05) is 6.61 Å². The molecule has 15 heavy (non-hydrogen) atoms. The number of aliphatic hydroxyl groups is 1. The molecular formula is C11H21NO3. The number of hydrogen-bond donors (Lipinski definition) is 3. The number of nitrogens with one attached hydrogen (secondary N) is 1. The summed E-state index contributed by atoms with van der Waals surface area (Å²) in [5.41, 5.74) is 1.65. The predicted molar refractivity (Wildman–Crippen MR) is 59.9 cm³/mol. The van der Waals surface area contributed by atoms with Gasteiger partial charge in [-0.1, -0.05) is 5.57 Å². The van der Waals surface area contributed by atoms with Gasteiger partial charge in [-0.2, -0.15) is 0 Å². The van der Waals surface area contributed by atoms with Crippen LogP contribution in [0.25, 0.3) is 0 Å². The molecule has 4 nitrogen and oxygen atoms in total. The second-order valence-corrected chi connectivity index (χ2v) is 4.53. The molecule has 0 spiro atoms. The molecule has 0 aliphatic carbocycles. The van der Waals surface area contributed by atoms with Gasteiger partial charge >= 0.3 is 6.09 Å². The van der Waals surface area contributed by atoms with E-state index in [1.165, 1.54) is 0 Å². The lowest BCUT2D eigenvalue weighted by Gasteiger charge is -2.24. The number of allylic oxidation sites excluding steroid dienone is 1. The van der Waals surface area contributed by atoms with Crippen LogP contribution in [0.3, 0.4) is 0 Å². The highest BCUT2D eigenvalue weighted by atomic mass is 16.4. The fourth-order valence-corrected chi connectivity index (χ4v) is 1.20. The molecule has 0 unspecified atom stereocenters. The maximum Gasteiger partial charge on any atom is 0.405 e. The summed E-state index contributed by atoms with van der Waals surface area (Å²) >= 11 is 0. The summed E-state index contributed by atoms with van der Waals surface area (Å²) in [7, 11) is 0. The zero-order chi connectivity index (χ0) is 12.1. The number of amides is 1. The fraction of sp³-hybridized carbons (Fsp3) is 0.727. The molecule has 0 heterocycles. The second-order valence-electron chi connectivity index (χ2n) is 4.53. The van der Waals surface area contributed by atoms with E-state index in [4.69, 9.17) is 10.2 Å². The summed E-state index contributed by atoms with van der Waals surface area (Å²) in [6.45, 7) is 7.61. The summed E-state index contributed by atoms with van der Waals surface area (Å²) in [5, 5.41) is 20.0. The first-order valence-corrected chi connectivity index (χ1v) is 5.05. The van der Waals surface area contributed by atoms with Crippen LogP contribution in [0.2, 0.25) is 0 Å². The van der Waals surface area contributed by atoms with Crippen LogP contribution in [-0.4, -0.2) is 28.5 Å². The third-order valence-electron chi connectivity index (χ3n) is 2.54. The zero-order valence-electron chi connectivity index (χ0n) is 9.92. The van der Waals surface area contributed by atoms with E-state index in [1.54, 1.807) is 0 Å². The van der Waals surface area contributed by atoms with E-state index in [1.807, 2.05) is 27.7 Å². The van der Waals surface area contributed by atoms with Crippen LogP contribution in [-0.2, 0) is 0 Å². The molecule has 4 heteroatoms. The van der Waals surface area contributed by atoms with Crippen molar-refractivity contribution >= 4 is 6.09 Å². The molecule has 0 aromatic rings. The average Bonchev–Trinajstić information content (AvgIpc) is 2.11. The van der Waals surface area contributed by atoms with E-state index in [9.17, 15) is 4.79 Å². The highest BCUT2D eigenvalue weighted by molar-refractivity contribution is 5.65. The van der Waals surface area contributed by atoms with Gasteiger partial charge in [-0.05, 0) is 46.1 Å². The van der Waals surface area contributed by atoms with E-state index in [0.717, 1.165) is 24.0 Å². The van der Waals surface area contributed by atoms with Gasteiger partial charge in [0, 0.05) is 5.54 Å². The van der Waals surface area contributed by atoms with Gasteiger partial charge < -0.3 is 15.5 Å². The maximum atomic E-state index is 10.5. The van der Waals surface area contributed by atoms with E-state index in [2.05, 4.69) is 5.32 Å². The van der Waals surface area contributed by atoms with Crippen LogP contribution in [0.15, 0.2) is 11.1 Å². The van der Waals surface area contributed by atoms with Crippen LogP contribution in [0.5, 0.6) is 0 Å². The SMILES string of the molecule is C/C(CO)=C(\C)CCC(C)(C)NC(=O)O. The van der Waals surface area contributed by atoms with Gasteiger partial charge in [0.1, 0.15) is 0 Å².